The van der Waals surface area contributed by atoms with Crippen LogP contribution in [0.15, 0.2) is 12.7 Å². The van der Waals surface area contributed by atoms with E-state index >= 15 is 0 Å². The Balaban J connectivity index is -0.000000720. The Morgan fingerprint density at radius 1 is 1.64 bits per heavy atom. The summed E-state index contributed by atoms with van der Waals surface area (Å²) in [7, 11) is -3.79. The second-order valence-electron chi connectivity index (χ2n) is 2.43. The molecule has 0 aliphatic heterocycles. The molecule has 0 saturated carbocycles. The van der Waals surface area contributed by atoms with Gasteiger partial charge in [0.2, 0.25) is 0 Å². The van der Waals surface area contributed by atoms with E-state index in [1.54, 1.807) is 6.92 Å². The SMILES string of the molecule is C=CCOOS(=O)(=O)CC(O)CC.[H-].[Na+]. The van der Waals surface area contributed by atoms with Gasteiger partial charge in [-0.15, -0.1) is 10.9 Å². The van der Waals surface area contributed by atoms with Crippen LogP contribution in [0, 0.1) is 0 Å². The maximum atomic E-state index is 10.9. The number of hydrogen-bond donors (Lipinski definition) is 1. The van der Waals surface area contributed by atoms with E-state index in [1.165, 1.54) is 6.08 Å². The van der Waals surface area contributed by atoms with E-state index in [1.807, 2.05) is 0 Å². The fourth-order valence-corrected chi connectivity index (χ4v) is 1.50. The zero-order valence-corrected chi connectivity index (χ0v) is 11.3. The minimum Gasteiger partial charge on any atom is -1.00 e. The van der Waals surface area contributed by atoms with Gasteiger partial charge in [-0.3, -0.25) is 0 Å². The Labute approximate surface area is 108 Å². The third kappa shape index (κ3) is 9.14. The molecule has 0 rings (SSSR count). The van der Waals surface area contributed by atoms with Gasteiger partial charge >= 0.3 is 29.6 Å². The summed E-state index contributed by atoms with van der Waals surface area (Å²) in [6.07, 6.45) is 0.785. The standard InChI is InChI=1S/C7H14O5S.Na.H/c1-3-5-11-12-13(9,10)6-7(8)4-2;;/h3,7-8H,1,4-6H2,2H3;;/q;+1;-1. The van der Waals surface area contributed by atoms with Crippen LogP contribution in [0.3, 0.4) is 0 Å². The molecule has 5 nitrogen and oxygen atoms in total. The number of hydrogen-bond acceptors (Lipinski definition) is 5. The van der Waals surface area contributed by atoms with Crippen molar-refractivity contribution in [3.8, 4) is 0 Å². The predicted molar refractivity (Wildman–Crippen MR) is 48.4 cm³/mol. The summed E-state index contributed by atoms with van der Waals surface area (Å²) in [6, 6.07) is 0. The van der Waals surface area contributed by atoms with Crippen LogP contribution in [0.2, 0.25) is 0 Å². The first kappa shape index (κ1) is 17.0. The molecule has 0 radical (unpaired) electrons. The molecule has 0 amide bonds. The van der Waals surface area contributed by atoms with E-state index in [0.717, 1.165) is 0 Å². The number of rotatable bonds is 7. The van der Waals surface area contributed by atoms with Crippen LogP contribution in [0.4, 0.5) is 0 Å². The van der Waals surface area contributed by atoms with Gasteiger partial charge in [-0.25, -0.2) is 4.89 Å². The zero-order chi connectivity index (χ0) is 10.3. The maximum Gasteiger partial charge on any atom is 1.00 e. The fourth-order valence-electron chi connectivity index (χ4n) is 0.530. The smallest absolute Gasteiger partial charge is 1.00 e. The minimum absolute atomic E-state index is 0. The Hall–Kier alpha value is 0.570. The van der Waals surface area contributed by atoms with Crippen molar-refractivity contribution >= 4 is 10.1 Å². The molecule has 0 aromatic heterocycles. The molecule has 1 unspecified atom stereocenters. The quantitative estimate of drug-likeness (QED) is 0.171. The van der Waals surface area contributed by atoms with E-state index in [2.05, 4.69) is 15.8 Å². The number of aliphatic hydroxyl groups is 1. The van der Waals surface area contributed by atoms with Crippen molar-refractivity contribution in [2.24, 2.45) is 0 Å². The Bertz CT molecular complexity index is 244. The largest absolute Gasteiger partial charge is 1.00 e. The Morgan fingerprint density at radius 3 is 2.64 bits per heavy atom. The summed E-state index contributed by atoms with van der Waals surface area (Å²) in [6.45, 7) is 4.97. The van der Waals surface area contributed by atoms with Crippen LogP contribution >= 0.6 is 0 Å². The molecule has 7 heteroatoms. The van der Waals surface area contributed by atoms with Crippen LogP contribution in [0.5, 0.6) is 0 Å². The first-order valence-electron chi connectivity index (χ1n) is 3.84. The van der Waals surface area contributed by atoms with E-state index in [0.29, 0.717) is 6.42 Å². The van der Waals surface area contributed by atoms with E-state index in [9.17, 15) is 8.42 Å². The average molecular weight is 234 g/mol. The van der Waals surface area contributed by atoms with E-state index < -0.39 is 22.0 Å². The van der Waals surface area contributed by atoms with Crippen molar-refractivity contribution in [2.75, 3.05) is 12.4 Å². The van der Waals surface area contributed by atoms with Gasteiger partial charge in [0.1, 0.15) is 12.4 Å². The second kappa shape index (κ2) is 8.84. The molecule has 14 heavy (non-hydrogen) atoms. The minimum atomic E-state index is -3.79. The zero-order valence-electron chi connectivity index (χ0n) is 9.47. The van der Waals surface area contributed by atoms with Gasteiger partial charge in [0, 0.05) is 0 Å². The van der Waals surface area contributed by atoms with Crippen molar-refractivity contribution in [2.45, 2.75) is 19.4 Å². The maximum absolute atomic E-state index is 10.9. The molecule has 0 aromatic rings. The monoisotopic (exact) mass is 234 g/mol. The van der Waals surface area contributed by atoms with Gasteiger partial charge < -0.3 is 6.53 Å². The summed E-state index contributed by atoms with van der Waals surface area (Å²) >= 11 is 0. The van der Waals surface area contributed by atoms with Gasteiger partial charge in [-0.2, -0.15) is 8.42 Å². The summed E-state index contributed by atoms with van der Waals surface area (Å²) in [5.41, 5.74) is 0. The molecule has 80 valence electrons. The van der Waals surface area contributed by atoms with Crippen LogP contribution in [0.1, 0.15) is 14.8 Å². The van der Waals surface area contributed by atoms with E-state index in [-0.39, 0.29) is 37.6 Å². The third-order valence-corrected chi connectivity index (χ3v) is 2.30. The topological polar surface area (TPSA) is 72.8 Å². The molecule has 0 heterocycles. The Kier molecular flexibility index (Phi) is 10.7. The van der Waals surface area contributed by atoms with Crippen molar-refractivity contribution in [3.05, 3.63) is 12.7 Å². The number of aliphatic hydroxyl groups excluding tert-OH is 1. The van der Waals surface area contributed by atoms with Gasteiger partial charge in [-0.1, -0.05) is 13.0 Å². The first-order valence-corrected chi connectivity index (χ1v) is 5.42. The molecule has 0 aliphatic rings. The van der Waals surface area contributed by atoms with Crippen molar-refractivity contribution < 1.29 is 53.7 Å². The fraction of sp³-hybridized carbons (Fsp3) is 0.714. The second-order valence-corrected chi connectivity index (χ2v) is 4.01. The third-order valence-electron chi connectivity index (χ3n) is 1.21. The summed E-state index contributed by atoms with van der Waals surface area (Å²) < 4.78 is 25.9. The van der Waals surface area contributed by atoms with Gasteiger partial charge in [0.25, 0.3) is 10.1 Å². The van der Waals surface area contributed by atoms with Crippen LogP contribution in [-0.2, 0) is 19.3 Å². The van der Waals surface area contributed by atoms with Crippen molar-refractivity contribution in [1.82, 2.24) is 0 Å². The van der Waals surface area contributed by atoms with Gasteiger partial charge in [-0.05, 0) is 6.42 Å². The van der Waals surface area contributed by atoms with E-state index in [4.69, 9.17) is 5.11 Å². The molecular formula is C7H15NaO5S. The van der Waals surface area contributed by atoms with Gasteiger partial charge in [0.15, 0.2) is 0 Å². The molecule has 0 saturated heterocycles. The van der Waals surface area contributed by atoms with Crippen molar-refractivity contribution in [3.63, 3.8) is 0 Å². The van der Waals surface area contributed by atoms with Crippen LogP contribution in [0.25, 0.3) is 0 Å². The van der Waals surface area contributed by atoms with Gasteiger partial charge in [0.05, 0.1) is 6.10 Å². The summed E-state index contributed by atoms with van der Waals surface area (Å²) in [5.74, 6) is -0.458. The van der Waals surface area contributed by atoms with Crippen LogP contribution < -0.4 is 29.6 Å². The molecule has 0 fully saturated rings. The Morgan fingerprint density at radius 2 is 2.21 bits per heavy atom. The summed E-state index contributed by atoms with van der Waals surface area (Å²) in [4.78, 5) is 4.28. The molecule has 1 N–H and O–H groups in total. The van der Waals surface area contributed by atoms with Crippen molar-refractivity contribution in [1.29, 1.82) is 0 Å². The first-order chi connectivity index (χ1) is 6.02. The normalized spacial score (nSPS) is 13.0. The molecular weight excluding hydrogens is 219 g/mol. The molecule has 0 spiro atoms. The average Bonchev–Trinajstić information content (AvgIpc) is 2.03. The summed E-state index contributed by atoms with van der Waals surface area (Å²) in [5, 5.41) is 9.02. The molecule has 0 bridgehead atoms. The predicted octanol–water partition coefficient (Wildman–Crippen LogP) is -2.66. The molecule has 0 aromatic carbocycles. The molecule has 0 aliphatic carbocycles. The van der Waals surface area contributed by atoms with Crippen LogP contribution in [-0.4, -0.2) is 32.0 Å². The molecule has 1 atom stereocenters.